The van der Waals surface area contributed by atoms with Crippen LogP contribution in [-0.2, 0) is 0 Å². The first kappa shape index (κ1) is 5.22. The molecule has 0 radical (unpaired) electrons. The van der Waals surface area contributed by atoms with Gasteiger partial charge in [-0.15, -0.1) is 8.58 Å². The van der Waals surface area contributed by atoms with Gasteiger partial charge >= 0.3 is 0 Å². The lowest BCUT2D eigenvalue weighted by molar-refractivity contribution is -0.385. The van der Waals surface area contributed by atoms with Gasteiger partial charge < -0.3 is 0 Å². The van der Waals surface area contributed by atoms with E-state index in [-0.39, 0.29) is 0 Å². The second kappa shape index (κ2) is 0.939. The molecule has 0 N–H and O–H groups in total. The Morgan fingerprint density at radius 2 is 1.18 bits per heavy atom. The first-order valence-electron chi connectivity index (χ1n) is 4.99. The third kappa shape index (κ3) is 0.217. The second-order valence-electron chi connectivity index (χ2n) is 5.95. The minimum atomic E-state index is 0.906. The second-order valence-corrected chi connectivity index (χ2v) is 8.35. The Balaban J connectivity index is 1.90. The summed E-state index contributed by atoms with van der Waals surface area (Å²) in [6, 6.07) is 0. The van der Waals surface area contributed by atoms with Gasteiger partial charge in [-0.2, -0.15) is 0 Å². The fraction of sp³-hybridized carbons (Fsp3) is 1.00. The fourth-order valence-electron chi connectivity index (χ4n) is 6.28. The molecule has 2 heterocycles. The molecule has 4 saturated carbocycles. The van der Waals surface area contributed by atoms with Gasteiger partial charge in [-0.1, -0.05) is 13.8 Å². The van der Waals surface area contributed by atoms with E-state index in [1.165, 1.54) is 44.1 Å². The van der Waals surface area contributed by atoms with Crippen LogP contribution in [0.25, 0.3) is 0 Å². The predicted octanol–water partition coefficient (Wildman–Crippen LogP) is 1.95. The molecule has 0 aromatic rings. The minimum absolute atomic E-state index is 0.906. The molecule has 0 nitrogen and oxygen atoms in total. The molecular weight excluding hydrogens is 151 g/mol. The molecule has 0 aromatic carbocycles. The van der Waals surface area contributed by atoms with E-state index in [1.807, 2.05) is 0 Å². The molecule has 6 aliphatic rings. The molecule has 6 rings (SSSR count). The molecule has 11 heavy (non-hydrogen) atoms. The van der Waals surface area contributed by atoms with Crippen LogP contribution in [0.2, 0.25) is 0 Å². The third-order valence-electron chi connectivity index (χ3n) is 6.19. The summed E-state index contributed by atoms with van der Waals surface area (Å²) < 4.78 is 0. The van der Waals surface area contributed by atoms with Crippen molar-refractivity contribution >= 4 is 8.58 Å². The van der Waals surface area contributed by atoms with E-state index >= 15 is 0 Å². The summed E-state index contributed by atoms with van der Waals surface area (Å²) in [6.07, 6.45) is 0. The molecule has 1 heteroatoms. The maximum Gasteiger partial charge on any atom is -0.00768 e. The highest BCUT2D eigenvalue weighted by molar-refractivity contribution is 7.43. The van der Waals surface area contributed by atoms with E-state index in [4.69, 9.17) is 0 Å². The number of hydrogen-bond donors (Lipinski definition) is 0. The standard InChI is InChI=1S/C10H13P/c1-9-5-3-4-7(5)10(2,11-9)8(4)6(3)9/h3-8,11H,1-2H3. The van der Waals surface area contributed by atoms with Crippen molar-refractivity contribution in [2.75, 3.05) is 0 Å². The van der Waals surface area contributed by atoms with Crippen molar-refractivity contribution in [1.29, 1.82) is 0 Å². The Labute approximate surface area is 68.9 Å². The Morgan fingerprint density at radius 3 is 1.45 bits per heavy atom. The summed E-state index contributed by atoms with van der Waals surface area (Å²) in [4.78, 5) is 0. The molecule has 4 atom stereocenters. The summed E-state index contributed by atoms with van der Waals surface area (Å²) in [5, 5.41) is 1.81. The molecular formula is C10H13P. The summed E-state index contributed by atoms with van der Waals surface area (Å²) in [5.41, 5.74) is 0. The van der Waals surface area contributed by atoms with Crippen LogP contribution in [0.1, 0.15) is 13.8 Å². The van der Waals surface area contributed by atoms with Crippen LogP contribution in [0.3, 0.4) is 0 Å². The van der Waals surface area contributed by atoms with Gasteiger partial charge in [-0.05, 0) is 45.8 Å². The quantitative estimate of drug-likeness (QED) is 0.480. The summed E-state index contributed by atoms with van der Waals surface area (Å²) >= 11 is 0. The van der Waals surface area contributed by atoms with E-state index in [2.05, 4.69) is 13.8 Å². The molecule has 4 aliphatic carbocycles. The maximum atomic E-state index is 2.60. The molecule has 2 aliphatic heterocycles. The van der Waals surface area contributed by atoms with Crippen LogP contribution < -0.4 is 0 Å². The van der Waals surface area contributed by atoms with Crippen LogP contribution in [0.15, 0.2) is 0 Å². The van der Waals surface area contributed by atoms with Gasteiger partial charge in [0, 0.05) is 0 Å². The highest BCUT2D eigenvalue weighted by Crippen LogP contribution is 3.02. The molecule has 4 unspecified atom stereocenters. The normalized spacial score (nSPS) is 98.7. The molecule has 2 saturated heterocycles. The van der Waals surface area contributed by atoms with Crippen LogP contribution in [-0.4, -0.2) is 10.3 Å². The Bertz CT molecular complexity index is 258. The summed E-state index contributed by atoms with van der Waals surface area (Å²) in [7, 11) is 1.35. The number of rotatable bonds is 0. The first-order valence-corrected chi connectivity index (χ1v) is 5.99. The van der Waals surface area contributed by atoms with Crippen molar-refractivity contribution in [3.05, 3.63) is 0 Å². The molecule has 0 aromatic heterocycles. The largest absolute Gasteiger partial charge is 0.109 e. The highest BCUT2D eigenvalue weighted by Gasteiger charge is 2.98. The zero-order chi connectivity index (χ0) is 7.17. The van der Waals surface area contributed by atoms with E-state index in [0.29, 0.717) is 0 Å². The van der Waals surface area contributed by atoms with Crippen molar-refractivity contribution in [3.63, 3.8) is 0 Å². The monoisotopic (exact) mass is 164 g/mol. The SMILES string of the molecule is CC12PC3(C)C4C5C(C41)C2C53. The number of hydrogen-bond acceptors (Lipinski definition) is 0. The van der Waals surface area contributed by atoms with Gasteiger partial charge in [0.05, 0.1) is 0 Å². The lowest BCUT2D eigenvalue weighted by Crippen LogP contribution is -2.90. The van der Waals surface area contributed by atoms with E-state index in [9.17, 15) is 0 Å². The zero-order valence-electron chi connectivity index (χ0n) is 6.96. The smallest absolute Gasteiger partial charge is 0.00768 e. The van der Waals surface area contributed by atoms with Crippen molar-refractivity contribution in [2.24, 2.45) is 35.5 Å². The molecule has 2 bridgehead atoms. The van der Waals surface area contributed by atoms with Crippen LogP contribution in [0, 0.1) is 35.5 Å². The maximum absolute atomic E-state index is 2.60. The Kier molecular flexibility index (Phi) is 0.446. The van der Waals surface area contributed by atoms with Gasteiger partial charge in [-0.25, -0.2) is 0 Å². The van der Waals surface area contributed by atoms with Crippen molar-refractivity contribution in [3.8, 4) is 0 Å². The van der Waals surface area contributed by atoms with Crippen LogP contribution in [0.5, 0.6) is 0 Å². The molecule has 0 spiro atoms. The lowest BCUT2D eigenvalue weighted by atomic mass is 9.15. The Morgan fingerprint density at radius 1 is 0.818 bits per heavy atom. The average molecular weight is 164 g/mol. The van der Waals surface area contributed by atoms with Gasteiger partial charge in [0.15, 0.2) is 0 Å². The summed E-state index contributed by atoms with van der Waals surface area (Å²) in [5.74, 6) is 7.52. The summed E-state index contributed by atoms with van der Waals surface area (Å²) in [6.45, 7) is 5.20. The van der Waals surface area contributed by atoms with Crippen molar-refractivity contribution < 1.29 is 0 Å². The fourth-order valence-corrected chi connectivity index (χ4v) is 9.60. The van der Waals surface area contributed by atoms with Crippen LogP contribution in [0.4, 0.5) is 0 Å². The van der Waals surface area contributed by atoms with E-state index in [1.54, 1.807) is 0 Å². The van der Waals surface area contributed by atoms with Crippen molar-refractivity contribution in [2.45, 2.75) is 24.2 Å². The third-order valence-corrected chi connectivity index (χ3v) is 8.60. The molecule has 0 amide bonds. The molecule has 6 fully saturated rings. The Hall–Kier alpha value is 0.430. The average Bonchev–Trinajstić information content (AvgIpc) is 2.06. The van der Waals surface area contributed by atoms with Gasteiger partial charge in [0.25, 0.3) is 0 Å². The topological polar surface area (TPSA) is 0 Å². The predicted molar refractivity (Wildman–Crippen MR) is 46.1 cm³/mol. The van der Waals surface area contributed by atoms with E-state index < -0.39 is 0 Å². The first-order chi connectivity index (χ1) is 5.20. The zero-order valence-corrected chi connectivity index (χ0v) is 7.96. The van der Waals surface area contributed by atoms with Gasteiger partial charge in [0.2, 0.25) is 0 Å². The lowest BCUT2D eigenvalue weighted by Gasteiger charge is -2.89. The minimum Gasteiger partial charge on any atom is -0.109 e. The molecule has 58 valence electrons. The van der Waals surface area contributed by atoms with Crippen LogP contribution >= 0.6 is 8.58 Å². The van der Waals surface area contributed by atoms with Gasteiger partial charge in [0.1, 0.15) is 0 Å². The highest BCUT2D eigenvalue weighted by atomic mass is 31.1. The van der Waals surface area contributed by atoms with E-state index in [0.717, 1.165) is 10.3 Å². The van der Waals surface area contributed by atoms with Crippen molar-refractivity contribution in [1.82, 2.24) is 0 Å². The van der Waals surface area contributed by atoms with Gasteiger partial charge in [-0.3, -0.25) is 0 Å².